The minimum absolute atomic E-state index is 0.305. The van der Waals surface area contributed by atoms with Gasteiger partial charge in [-0.25, -0.2) is 8.42 Å². The fourth-order valence-electron chi connectivity index (χ4n) is 1.12. The smallest absolute Gasteiger partial charge is 0.322 e. The summed E-state index contributed by atoms with van der Waals surface area (Å²) in [7, 11) is -2.35. The lowest BCUT2D eigenvalue weighted by molar-refractivity contribution is -0.137. The van der Waals surface area contributed by atoms with E-state index in [0.29, 0.717) is 26.3 Å². The highest BCUT2D eigenvalue weighted by Gasteiger charge is 2.27. The summed E-state index contributed by atoms with van der Waals surface area (Å²) in [6, 6.07) is 0. The monoisotopic (exact) mass is 223 g/mol. The van der Waals surface area contributed by atoms with Gasteiger partial charge in [0.1, 0.15) is 0 Å². The molecule has 6 nitrogen and oxygen atoms in total. The fraction of sp³-hybridized carbons (Fsp3) is 0.857. The molecule has 82 valence electrons. The predicted octanol–water partition coefficient (Wildman–Crippen LogP) is -1.18. The Hall–Kier alpha value is -0.660. The van der Waals surface area contributed by atoms with E-state index in [0.717, 1.165) is 7.11 Å². The van der Waals surface area contributed by atoms with Gasteiger partial charge in [-0.2, -0.15) is 4.31 Å². The molecule has 1 saturated heterocycles. The zero-order valence-corrected chi connectivity index (χ0v) is 8.75. The van der Waals surface area contributed by atoms with Crippen molar-refractivity contribution in [3.8, 4) is 0 Å². The Kier molecular flexibility index (Phi) is 3.85. The summed E-state index contributed by atoms with van der Waals surface area (Å²) in [6.07, 6.45) is 0. The van der Waals surface area contributed by atoms with Gasteiger partial charge >= 0.3 is 5.97 Å². The van der Waals surface area contributed by atoms with Crippen LogP contribution in [-0.2, 0) is 24.3 Å². The van der Waals surface area contributed by atoms with E-state index < -0.39 is 21.7 Å². The largest absolute Gasteiger partial charge is 0.468 e. The van der Waals surface area contributed by atoms with E-state index >= 15 is 0 Å². The Morgan fingerprint density at radius 2 is 2.00 bits per heavy atom. The lowest BCUT2D eigenvalue weighted by atomic mass is 10.5. The highest BCUT2D eigenvalue weighted by molar-refractivity contribution is 7.89. The van der Waals surface area contributed by atoms with Crippen LogP contribution in [0, 0.1) is 0 Å². The van der Waals surface area contributed by atoms with Gasteiger partial charge in [0, 0.05) is 13.1 Å². The van der Waals surface area contributed by atoms with Crippen molar-refractivity contribution in [3.05, 3.63) is 0 Å². The number of hydrogen-bond acceptors (Lipinski definition) is 5. The molecule has 0 aliphatic carbocycles. The molecule has 0 N–H and O–H groups in total. The second-order valence-corrected chi connectivity index (χ2v) is 4.81. The van der Waals surface area contributed by atoms with E-state index in [9.17, 15) is 13.2 Å². The summed E-state index contributed by atoms with van der Waals surface area (Å²) in [5, 5.41) is 0. The number of sulfonamides is 1. The van der Waals surface area contributed by atoms with E-state index in [4.69, 9.17) is 4.74 Å². The molecule has 1 aliphatic heterocycles. The van der Waals surface area contributed by atoms with Crippen LogP contribution in [0.3, 0.4) is 0 Å². The van der Waals surface area contributed by atoms with E-state index in [1.54, 1.807) is 0 Å². The maximum atomic E-state index is 11.5. The first-order valence-corrected chi connectivity index (χ1v) is 5.79. The Morgan fingerprint density at radius 1 is 1.43 bits per heavy atom. The average molecular weight is 223 g/mol. The molecule has 0 bridgehead atoms. The van der Waals surface area contributed by atoms with Gasteiger partial charge in [-0.3, -0.25) is 4.79 Å². The number of methoxy groups -OCH3 is 1. The molecule has 1 fully saturated rings. The van der Waals surface area contributed by atoms with Crippen LogP contribution in [0.25, 0.3) is 0 Å². The maximum Gasteiger partial charge on any atom is 0.322 e. The third-order valence-corrected chi connectivity index (χ3v) is 3.64. The van der Waals surface area contributed by atoms with Gasteiger partial charge in [-0.1, -0.05) is 0 Å². The van der Waals surface area contributed by atoms with Crippen LogP contribution >= 0.6 is 0 Å². The summed E-state index contributed by atoms with van der Waals surface area (Å²) in [5.41, 5.74) is 0. The fourth-order valence-corrected chi connectivity index (χ4v) is 2.43. The summed E-state index contributed by atoms with van der Waals surface area (Å²) < 4.78 is 33.6. The molecular formula is C7H13NO5S. The number of carbonyl (C=O) groups excluding carboxylic acids is 1. The van der Waals surface area contributed by atoms with E-state index in [1.807, 2.05) is 0 Å². The molecule has 1 rings (SSSR count). The van der Waals surface area contributed by atoms with Crippen molar-refractivity contribution < 1.29 is 22.7 Å². The quantitative estimate of drug-likeness (QED) is 0.563. The van der Waals surface area contributed by atoms with Crippen molar-refractivity contribution in [1.29, 1.82) is 0 Å². The number of esters is 1. The molecule has 0 aromatic heterocycles. The van der Waals surface area contributed by atoms with Crippen LogP contribution in [0.4, 0.5) is 0 Å². The molecule has 0 saturated carbocycles. The van der Waals surface area contributed by atoms with Gasteiger partial charge in [0.15, 0.2) is 5.75 Å². The van der Waals surface area contributed by atoms with E-state index in [-0.39, 0.29) is 0 Å². The van der Waals surface area contributed by atoms with Crippen LogP contribution in [0.15, 0.2) is 0 Å². The average Bonchev–Trinajstić information content (AvgIpc) is 2.18. The number of morpholine rings is 1. The molecule has 1 heterocycles. The van der Waals surface area contributed by atoms with Crippen LogP contribution in [0.2, 0.25) is 0 Å². The minimum atomic E-state index is -3.52. The summed E-state index contributed by atoms with van der Waals surface area (Å²) in [6.45, 7) is 1.36. The van der Waals surface area contributed by atoms with Crippen LogP contribution < -0.4 is 0 Å². The lowest BCUT2D eigenvalue weighted by Gasteiger charge is -2.25. The zero-order chi connectivity index (χ0) is 10.6. The standard InChI is InChI=1S/C7H13NO5S/c1-12-7(9)6-14(10,11)8-2-4-13-5-3-8/h2-6H2,1H3. The minimum Gasteiger partial charge on any atom is -0.468 e. The molecule has 0 unspecified atom stereocenters. The van der Waals surface area contributed by atoms with E-state index in [2.05, 4.69) is 4.74 Å². The number of nitrogens with zero attached hydrogens (tertiary/aromatic N) is 1. The topological polar surface area (TPSA) is 72.9 Å². The van der Waals surface area contributed by atoms with Crippen molar-refractivity contribution in [2.45, 2.75) is 0 Å². The second kappa shape index (κ2) is 4.72. The first kappa shape index (κ1) is 11.4. The molecule has 0 aromatic rings. The molecule has 0 aromatic carbocycles. The molecule has 1 aliphatic rings. The molecule has 0 spiro atoms. The first-order chi connectivity index (χ1) is 6.56. The summed E-state index contributed by atoms with van der Waals surface area (Å²) >= 11 is 0. The maximum absolute atomic E-state index is 11.5. The molecular weight excluding hydrogens is 210 g/mol. The van der Waals surface area contributed by atoms with Gasteiger partial charge in [0.2, 0.25) is 10.0 Å². The van der Waals surface area contributed by atoms with Crippen molar-refractivity contribution in [2.75, 3.05) is 39.2 Å². The van der Waals surface area contributed by atoms with Crippen molar-refractivity contribution in [1.82, 2.24) is 4.31 Å². The van der Waals surface area contributed by atoms with Crippen LogP contribution in [0.1, 0.15) is 0 Å². The third-order valence-electron chi connectivity index (χ3n) is 1.89. The van der Waals surface area contributed by atoms with Gasteiger partial charge in [0.05, 0.1) is 20.3 Å². The van der Waals surface area contributed by atoms with E-state index in [1.165, 1.54) is 4.31 Å². The van der Waals surface area contributed by atoms with Crippen LogP contribution in [0.5, 0.6) is 0 Å². The number of ether oxygens (including phenoxy) is 2. The molecule has 0 radical (unpaired) electrons. The van der Waals surface area contributed by atoms with Crippen molar-refractivity contribution >= 4 is 16.0 Å². The number of hydrogen-bond donors (Lipinski definition) is 0. The van der Waals surface area contributed by atoms with Crippen LogP contribution in [-0.4, -0.2) is 57.9 Å². The predicted molar refractivity (Wildman–Crippen MR) is 48.2 cm³/mol. The third kappa shape index (κ3) is 2.93. The summed E-state index contributed by atoms with van der Waals surface area (Å²) in [4.78, 5) is 10.8. The molecule has 14 heavy (non-hydrogen) atoms. The normalized spacial score (nSPS) is 19.2. The number of rotatable bonds is 3. The van der Waals surface area contributed by atoms with Gasteiger partial charge < -0.3 is 9.47 Å². The summed E-state index contributed by atoms with van der Waals surface area (Å²) in [5.74, 6) is -1.33. The Morgan fingerprint density at radius 3 is 2.50 bits per heavy atom. The Balaban J connectivity index is 2.59. The molecule has 0 atom stereocenters. The molecule has 0 amide bonds. The first-order valence-electron chi connectivity index (χ1n) is 4.18. The Bertz CT molecular complexity index is 293. The Labute approximate surface area is 82.8 Å². The van der Waals surface area contributed by atoms with Crippen molar-refractivity contribution in [2.24, 2.45) is 0 Å². The van der Waals surface area contributed by atoms with Gasteiger partial charge in [0.25, 0.3) is 0 Å². The van der Waals surface area contributed by atoms with Gasteiger partial charge in [-0.15, -0.1) is 0 Å². The highest BCUT2D eigenvalue weighted by Crippen LogP contribution is 2.05. The number of carbonyl (C=O) groups is 1. The lowest BCUT2D eigenvalue weighted by Crippen LogP contribution is -2.43. The SMILES string of the molecule is COC(=O)CS(=O)(=O)N1CCOCC1. The van der Waals surface area contributed by atoms with Crippen molar-refractivity contribution in [3.63, 3.8) is 0 Å². The van der Waals surface area contributed by atoms with Gasteiger partial charge in [-0.05, 0) is 0 Å². The molecule has 7 heteroatoms. The highest BCUT2D eigenvalue weighted by atomic mass is 32.2. The second-order valence-electron chi connectivity index (χ2n) is 2.84. The zero-order valence-electron chi connectivity index (χ0n) is 7.93.